The molecule has 0 aliphatic rings. The first kappa shape index (κ1) is 22.3. The predicted molar refractivity (Wildman–Crippen MR) is 114 cm³/mol. The fourth-order valence-electron chi connectivity index (χ4n) is 3.18. The van der Waals surface area contributed by atoms with Crippen LogP contribution in [0, 0.1) is 13.8 Å². The minimum absolute atomic E-state index is 0.211. The second-order valence-corrected chi connectivity index (χ2v) is 7.27. The highest BCUT2D eigenvalue weighted by atomic mass is 35.5. The van der Waals surface area contributed by atoms with Gasteiger partial charge in [-0.15, -0.1) is 0 Å². The van der Waals surface area contributed by atoms with Crippen molar-refractivity contribution in [2.75, 3.05) is 13.2 Å². The van der Waals surface area contributed by atoms with E-state index in [1.54, 1.807) is 31.5 Å². The molecular weight excluding hydrogens is 422 g/mol. The molecule has 9 heteroatoms. The third-order valence-corrected chi connectivity index (χ3v) is 5.06. The molecular formula is C22H22ClN3O5. The van der Waals surface area contributed by atoms with Crippen LogP contribution >= 0.6 is 11.6 Å². The summed E-state index contributed by atoms with van der Waals surface area (Å²) in [5, 5.41) is 4.74. The van der Waals surface area contributed by atoms with Crippen LogP contribution in [-0.2, 0) is 16.0 Å². The fraction of sp³-hybridized carbons (Fsp3) is 0.273. The maximum absolute atomic E-state index is 12.5. The summed E-state index contributed by atoms with van der Waals surface area (Å²) in [7, 11) is 0. The topological polar surface area (TPSA) is 103 Å². The molecule has 0 bridgehead atoms. The smallest absolute Gasteiger partial charge is 0.341 e. The number of aromatic nitrogens is 3. The van der Waals surface area contributed by atoms with Crippen LogP contribution in [0.2, 0.25) is 5.02 Å². The number of rotatable bonds is 8. The standard InChI is InChI=1S/C22H22ClN3O5/c1-4-30-22(29)19-13(2)20(25-14(19)3)18(27)12-31-21(28)16-9-24-26(11-16)10-15-7-5-6-8-17(15)23/h5-9,11,25H,4,10,12H2,1-3H3. The molecule has 0 amide bonds. The van der Waals surface area contributed by atoms with Gasteiger partial charge >= 0.3 is 11.9 Å². The summed E-state index contributed by atoms with van der Waals surface area (Å²) < 4.78 is 11.7. The van der Waals surface area contributed by atoms with Crippen molar-refractivity contribution in [3.05, 3.63) is 75.3 Å². The molecule has 0 spiro atoms. The molecule has 8 nitrogen and oxygen atoms in total. The van der Waals surface area contributed by atoms with Gasteiger partial charge in [0.15, 0.2) is 6.61 Å². The van der Waals surface area contributed by atoms with Gasteiger partial charge in [0, 0.05) is 16.9 Å². The van der Waals surface area contributed by atoms with Crippen LogP contribution in [0.15, 0.2) is 36.7 Å². The number of halogens is 1. The summed E-state index contributed by atoms with van der Waals surface area (Å²) in [4.78, 5) is 39.8. The van der Waals surface area contributed by atoms with Crippen LogP contribution in [0.5, 0.6) is 0 Å². The highest BCUT2D eigenvalue weighted by molar-refractivity contribution is 6.31. The van der Waals surface area contributed by atoms with Crippen molar-refractivity contribution in [1.29, 1.82) is 0 Å². The zero-order valence-corrected chi connectivity index (χ0v) is 18.2. The Labute approximate surface area is 184 Å². The number of Topliss-reactive ketones (excluding diaryl/α,β-unsaturated/α-hetero) is 1. The minimum atomic E-state index is -0.676. The van der Waals surface area contributed by atoms with E-state index in [4.69, 9.17) is 21.1 Å². The zero-order valence-electron chi connectivity index (χ0n) is 17.4. The van der Waals surface area contributed by atoms with E-state index in [-0.39, 0.29) is 17.9 Å². The number of nitrogens with zero attached hydrogens (tertiary/aromatic N) is 2. The second kappa shape index (κ2) is 9.61. The SMILES string of the molecule is CCOC(=O)c1c(C)[nH]c(C(=O)COC(=O)c2cnn(Cc3ccccc3Cl)c2)c1C. The molecule has 0 aliphatic carbocycles. The van der Waals surface area contributed by atoms with Crippen molar-refractivity contribution in [3.63, 3.8) is 0 Å². The van der Waals surface area contributed by atoms with Crippen molar-refractivity contribution in [1.82, 2.24) is 14.8 Å². The van der Waals surface area contributed by atoms with E-state index in [1.165, 1.54) is 12.4 Å². The first-order chi connectivity index (χ1) is 14.8. The molecule has 3 rings (SSSR count). The monoisotopic (exact) mass is 443 g/mol. The number of H-pyrrole nitrogens is 1. The molecule has 0 saturated heterocycles. The summed E-state index contributed by atoms with van der Waals surface area (Å²) in [6.07, 6.45) is 2.89. The van der Waals surface area contributed by atoms with Gasteiger partial charge in [-0.25, -0.2) is 9.59 Å². The van der Waals surface area contributed by atoms with Crippen molar-refractivity contribution in [2.45, 2.75) is 27.3 Å². The van der Waals surface area contributed by atoms with Crippen molar-refractivity contribution >= 4 is 29.3 Å². The summed E-state index contributed by atoms with van der Waals surface area (Å²) in [5.41, 5.74) is 2.58. The number of hydrogen-bond donors (Lipinski definition) is 1. The van der Waals surface area contributed by atoms with E-state index in [0.29, 0.717) is 28.4 Å². The lowest BCUT2D eigenvalue weighted by Gasteiger charge is -2.04. The average molecular weight is 444 g/mol. The molecule has 0 radical (unpaired) electrons. The van der Waals surface area contributed by atoms with Crippen LogP contribution in [0.1, 0.15) is 54.9 Å². The molecule has 162 valence electrons. The summed E-state index contributed by atoms with van der Waals surface area (Å²) in [6, 6.07) is 7.34. The Hall–Kier alpha value is -3.39. The van der Waals surface area contributed by atoms with E-state index in [0.717, 1.165) is 5.56 Å². The first-order valence-corrected chi connectivity index (χ1v) is 10.0. The minimum Gasteiger partial charge on any atom is -0.462 e. The normalized spacial score (nSPS) is 10.7. The fourth-order valence-corrected chi connectivity index (χ4v) is 3.38. The quantitative estimate of drug-likeness (QED) is 0.420. The predicted octanol–water partition coefficient (Wildman–Crippen LogP) is 3.75. The number of ketones is 1. The van der Waals surface area contributed by atoms with Crippen LogP contribution in [0.4, 0.5) is 0 Å². The van der Waals surface area contributed by atoms with Crippen LogP contribution < -0.4 is 0 Å². The Morgan fingerprint density at radius 2 is 1.87 bits per heavy atom. The highest BCUT2D eigenvalue weighted by Gasteiger charge is 2.23. The molecule has 0 fully saturated rings. The van der Waals surface area contributed by atoms with Gasteiger partial charge < -0.3 is 14.5 Å². The van der Waals surface area contributed by atoms with E-state index in [1.807, 2.05) is 18.2 Å². The Morgan fingerprint density at radius 3 is 2.58 bits per heavy atom. The Kier molecular flexibility index (Phi) is 6.91. The molecule has 3 aromatic rings. The Bertz CT molecular complexity index is 1130. The molecule has 1 aromatic carbocycles. The maximum atomic E-state index is 12.5. The molecule has 1 N–H and O–H groups in total. The van der Waals surface area contributed by atoms with Gasteiger partial charge in [0.05, 0.1) is 36.2 Å². The second-order valence-electron chi connectivity index (χ2n) is 6.86. The summed E-state index contributed by atoms with van der Waals surface area (Å²) >= 11 is 6.15. The van der Waals surface area contributed by atoms with Crippen molar-refractivity contribution in [3.8, 4) is 0 Å². The van der Waals surface area contributed by atoms with Gasteiger partial charge in [-0.1, -0.05) is 29.8 Å². The van der Waals surface area contributed by atoms with E-state index in [9.17, 15) is 14.4 Å². The number of nitrogens with one attached hydrogen (secondary N) is 1. The van der Waals surface area contributed by atoms with Gasteiger partial charge in [0.1, 0.15) is 0 Å². The number of ether oxygens (including phenoxy) is 2. The van der Waals surface area contributed by atoms with Crippen LogP contribution in [-0.4, -0.2) is 45.7 Å². The van der Waals surface area contributed by atoms with E-state index in [2.05, 4.69) is 10.1 Å². The van der Waals surface area contributed by atoms with Gasteiger partial charge in [-0.3, -0.25) is 9.48 Å². The van der Waals surface area contributed by atoms with E-state index >= 15 is 0 Å². The lowest BCUT2D eigenvalue weighted by atomic mass is 10.1. The average Bonchev–Trinajstić information content (AvgIpc) is 3.32. The van der Waals surface area contributed by atoms with Crippen LogP contribution in [0.25, 0.3) is 0 Å². The van der Waals surface area contributed by atoms with Gasteiger partial charge in [0.2, 0.25) is 5.78 Å². The van der Waals surface area contributed by atoms with Crippen LogP contribution in [0.3, 0.4) is 0 Å². The number of benzene rings is 1. The number of hydrogen-bond acceptors (Lipinski definition) is 6. The Balaban J connectivity index is 1.63. The number of carbonyl (C=O) groups excluding carboxylic acids is 3. The first-order valence-electron chi connectivity index (χ1n) is 9.64. The third kappa shape index (κ3) is 5.03. The van der Waals surface area contributed by atoms with Crippen molar-refractivity contribution in [2.24, 2.45) is 0 Å². The summed E-state index contributed by atoms with van der Waals surface area (Å²) in [5.74, 6) is -1.63. The van der Waals surface area contributed by atoms with Crippen molar-refractivity contribution < 1.29 is 23.9 Å². The number of esters is 2. The number of carbonyl (C=O) groups is 3. The summed E-state index contributed by atoms with van der Waals surface area (Å²) in [6.45, 7) is 5.17. The molecule has 31 heavy (non-hydrogen) atoms. The largest absolute Gasteiger partial charge is 0.462 e. The van der Waals surface area contributed by atoms with E-state index < -0.39 is 24.3 Å². The number of aryl methyl sites for hydroxylation is 1. The maximum Gasteiger partial charge on any atom is 0.341 e. The molecule has 0 atom stereocenters. The Morgan fingerprint density at radius 1 is 1.13 bits per heavy atom. The van der Waals surface area contributed by atoms with Gasteiger partial charge in [0.25, 0.3) is 0 Å². The lowest BCUT2D eigenvalue weighted by Crippen LogP contribution is -2.15. The zero-order chi connectivity index (χ0) is 22.5. The highest BCUT2D eigenvalue weighted by Crippen LogP contribution is 2.20. The van der Waals surface area contributed by atoms with Gasteiger partial charge in [-0.05, 0) is 38.0 Å². The lowest BCUT2D eigenvalue weighted by molar-refractivity contribution is 0.0472. The number of aromatic amines is 1. The third-order valence-electron chi connectivity index (χ3n) is 4.69. The molecule has 0 aliphatic heterocycles. The molecule has 0 saturated carbocycles. The molecule has 2 aromatic heterocycles. The molecule has 2 heterocycles. The van der Waals surface area contributed by atoms with Gasteiger partial charge in [-0.2, -0.15) is 5.10 Å². The molecule has 0 unspecified atom stereocenters.